The first-order valence-electron chi connectivity index (χ1n) is 12.9. The second kappa shape index (κ2) is 11.7. The fraction of sp³-hybridized carbons (Fsp3) is 0.429. The molecule has 0 saturated carbocycles. The second-order valence-corrected chi connectivity index (χ2v) is 9.66. The number of nitrogens with zero attached hydrogens (tertiary/aromatic N) is 2. The number of amides is 1. The lowest BCUT2D eigenvalue weighted by molar-refractivity contribution is -0.288. The first kappa shape index (κ1) is 28.9. The highest BCUT2D eigenvalue weighted by Gasteiger charge is 2.47. The van der Waals surface area contributed by atoms with Gasteiger partial charge in [-0.3, -0.25) is 5.32 Å². The monoisotopic (exact) mass is 577 g/mol. The molecule has 2 heterocycles. The van der Waals surface area contributed by atoms with Crippen LogP contribution in [0.5, 0.6) is 5.75 Å². The second-order valence-electron chi connectivity index (χ2n) is 9.66. The molecular weight excluding hydrogens is 547 g/mol. The molecule has 0 bridgehead atoms. The van der Waals surface area contributed by atoms with Crippen LogP contribution in [0.4, 0.5) is 23.7 Å². The van der Waals surface area contributed by atoms with Crippen LogP contribution < -0.4 is 10.1 Å². The Bertz CT molecular complexity index is 1380. The number of hydrogen-bond acceptors (Lipinski definition) is 8. The quantitative estimate of drug-likeness (QED) is 0.424. The fourth-order valence-electron chi connectivity index (χ4n) is 5.39. The van der Waals surface area contributed by atoms with E-state index in [-0.39, 0.29) is 5.75 Å². The van der Waals surface area contributed by atoms with Crippen LogP contribution in [0.1, 0.15) is 18.2 Å². The molecule has 1 aliphatic heterocycles. The number of nitrogens with one attached hydrogen (secondary N) is 1. The zero-order valence-corrected chi connectivity index (χ0v) is 22.8. The normalized spacial score (nSPS) is 23.8. The Labute approximate surface area is 234 Å². The number of halogens is 3. The van der Waals surface area contributed by atoms with Gasteiger partial charge in [-0.15, -0.1) is 13.2 Å². The van der Waals surface area contributed by atoms with Crippen molar-refractivity contribution < 1.29 is 46.4 Å². The maximum absolute atomic E-state index is 12.8. The van der Waals surface area contributed by atoms with Crippen LogP contribution in [0.25, 0.3) is 16.9 Å². The fourth-order valence-corrected chi connectivity index (χ4v) is 5.39. The van der Waals surface area contributed by atoms with E-state index in [2.05, 4.69) is 15.0 Å². The predicted molar refractivity (Wildman–Crippen MR) is 140 cm³/mol. The summed E-state index contributed by atoms with van der Waals surface area (Å²) in [5.41, 5.74) is 4.78. The van der Waals surface area contributed by atoms with Gasteiger partial charge in [-0.25, -0.2) is 9.78 Å². The van der Waals surface area contributed by atoms with E-state index in [0.717, 1.165) is 22.5 Å². The molecule has 5 rings (SSSR count). The zero-order chi connectivity index (χ0) is 29.3. The van der Waals surface area contributed by atoms with Gasteiger partial charge >= 0.3 is 12.5 Å². The van der Waals surface area contributed by atoms with Crippen molar-refractivity contribution >= 4 is 11.8 Å². The molecule has 0 spiro atoms. The molecular formula is C28H30F3N3O7. The van der Waals surface area contributed by atoms with Gasteiger partial charge in [0, 0.05) is 38.3 Å². The number of benzene rings is 2. The average molecular weight is 578 g/mol. The number of fused-ring (bicyclic) bond motifs is 3. The third-order valence-electron chi connectivity index (χ3n) is 7.22. The first-order valence-corrected chi connectivity index (χ1v) is 12.9. The molecule has 41 heavy (non-hydrogen) atoms. The molecule has 2 aromatic carbocycles. The molecule has 13 heteroatoms. The van der Waals surface area contributed by atoms with Gasteiger partial charge < -0.3 is 33.0 Å². The van der Waals surface area contributed by atoms with Crippen molar-refractivity contribution in [1.82, 2.24) is 9.55 Å². The van der Waals surface area contributed by atoms with Gasteiger partial charge in [0.2, 0.25) is 6.29 Å². The Morgan fingerprint density at radius 2 is 1.71 bits per heavy atom. The Kier molecular flexibility index (Phi) is 8.23. The van der Waals surface area contributed by atoms with Gasteiger partial charge in [0.25, 0.3) is 0 Å². The number of rotatable bonds is 7. The highest BCUT2D eigenvalue weighted by molar-refractivity contribution is 5.86. The van der Waals surface area contributed by atoms with Crippen LogP contribution in [0.15, 0.2) is 48.8 Å². The maximum Gasteiger partial charge on any atom is 0.573 e. The van der Waals surface area contributed by atoms with Crippen molar-refractivity contribution in [2.75, 3.05) is 26.6 Å². The van der Waals surface area contributed by atoms with E-state index in [1.165, 1.54) is 26.4 Å². The van der Waals surface area contributed by atoms with Crippen molar-refractivity contribution in [1.29, 1.82) is 0 Å². The topological polar surface area (TPSA) is 102 Å². The third-order valence-corrected chi connectivity index (χ3v) is 7.22. The van der Waals surface area contributed by atoms with Gasteiger partial charge in [-0.05, 0) is 61.7 Å². The van der Waals surface area contributed by atoms with Crippen molar-refractivity contribution in [3.05, 3.63) is 60.0 Å². The zero-order valence-electron chi connectivity index (χ0n) is 22.8. The number of carbonyl (C=O) groups excluding carboxylic acids is 1. The Balaban J connectivity index is 1.28. The summed E-state index contributed by atoms with van der Waals surface area (Å²) >= 11 is 0. The van der Waals surface area contributed by atoms with Gasteiger partial charge in [-0.1, -0.05) is 6.07 Å². The molecule has 5 atom stereocenters. The molecule has 0 radical (unpaired) electrons. The lowest BCUT2D eigenvalue weighted by Gasteiger charge is -2.43. The Morgan fingerprint density at radius 1 is 1.00 bits per heavy atom. The number of aryl methyl sites for hydroxylation is 1. The predicted octanol–water partition coefficient (Wildman–Crippen LogP) is 4.87. The maximum atomic E-state index is 12.8. The lowest BCUT2D eigenvalue weighted by atomic mass is 9.91. The minimum Gasteiger partial charge on any atom is -0.416 e. The summed E-state index contributed by atoms with van der Waals surface area (Å²) in [5, 5.41) is 2.75. The molecule has 1 amide bonds. The SMILES string of the molecule is CO[C@@H]1[C@@H](OC)[C@H](C)O[C@H](OC(=O)Nc2ccc3c(c2)CCc2c-3ncn2-c2ccc(OC(F)(F)F)cc2)[C@@H]1OC. The molecule has 1 fully saturated rings. The minimum absolute atomic E-state index is 0.292. The highest BCUT2D eigenvalue weighted by Crippen LogP contribution is 2.36. The van der Waals surface area contributed by atoms with Gasteiger partial charge in [0.15, 0.2) is 0 Å². The van der Waals surface area contributed by atoms with E-state index >= 15 is 0 Å². The Hall–Kier alpha value is -3.65. The summed E-state index contributed by atoms with van der Waals surface area (Å²) in [7, 11) is 4.56. The first-order chi connectivity index (χ1) is 19.6. The minimum atomic E-state index is -4.75. The van der Waals surface area contributed by atoms with Crippen LogP contribution in [0, 0.1) is 0 Å². The molecule has 1 aliphatic carbocycles. The molecule has 1 N–H and O–H groups in total. The lowest BCUT2D eigenvalue weighted by Crippen LogP contribution is -2.59. The molecule has 10 nitrogen and oxygen atoms in total. The highest BCUT2D eigenvalue weighted by atomic mass is 19.4. The number of alkyl halides is 3. The Morgan fingerprint density at radius 3 is 2.37 bits per heavy atom. The van der Waals surface area contributed by atoms with Crippen LogP contribution >= 0.6 is 0 Å². The molecule has 3 aromatic rings. The molecule has 220 valence electrons. The van der Waals surface area contributed by atoms with E-state index < -0.39 is 43.2 Å². The van der Waals surface area contributed by atoms with Crippen LogP contribution in [0.3, 0.4) is 0 Å². The van der Waals surface area contributed by atoms with Crippen molar-refractivity contribution in [3.8, 4) is 22.7 Å². The van der Waals surface area contributed by atoms with Crippen molar-refractivity contribution in [2.45, 2.75) is 56.8 Å². The van der Waals surface area contributed by atoms with E-state index in [4.69, 9.17) is 23.7 Å². The number of carbonyl (C=O) groups is 1. The number of imidazole rings is 1. The van der Waals surface area contributed by atoms with Crippen molar-refractivity contribution in [3.63, 3.8) is 0 Å². The van der Waals surface area contributed by atoms with Gasteiger partial charge in [0.05, 0.1) is 17.5 Å². The third kappa shape index (κ3) is 6.03. The van der Waals surface area contributed by atoms with Gasteiger partial charge in [0.1, 0.15) is 30.4 Å². The van der Waals surface area contributed by atoms with E-state index in [0.29, 0.717) is 24.2 Å². The number of ether oxygens (including phenoxy) is 6. The number of anilines is 1. The molecule has 1 aromatic heterocycles. The van der Waals surface area contributed by atoms with E-state index in [1.54, 1.807) is 38.6 Å². The summed E-state index contributed by atoms with van der Waals surface area (Å²) in [6.07, 6.45) is -5.54. The van der Waals surface area contributed by atoms with Crippen LogP contribution in [-0.2, 0) is 36.5 Å². The van der Waals surface area contributed by atoms with Crippen LogP contribution in [0.2, 0.25) is 0 Å². The number of aromatic nitrogens is 2. The largest absolute Gasteiger partial charge is 0.573 e. The molecule has 2 aliphatic rings. The number of hydrogen-bond donors (Lipinski definition) is 1. The van der Waals surface area contributed by atoms with Gasteiger partial charge in [-0.2, -0.15) is 0 Å². The standard InChI is InChI=1S/C28H30F3N3O7/c1-15-23(36-2)24(37-3)25(38-4)26(39-15)40-27(35)33-17-6-11-20-16(13-17)5-12-21-22(20)32-14-34(21)18-7-9-19(10-8-18)41-28(29,30)31/h6-11,13-15,23-26H,5,12H2,1-4H3,(H,33,35)/t15-,23-,24+,25+,26+/m0/s1. The van der Waals surface area contributed by atoms with E-state index in [1.807, 2.05) is 16.7 Å². The van der Waals surface area contributed by atoms with E-state index in [9.17, 15) is 18.0 Å². The average Bonchev–Trinajstić information content (AvgIpc) is 3.36. The summed E-state index contributed by atoms with van der Waals surface area (Å²) in [5.74, 6) is -0.292. The summed E-state index contributed by atoms with van der Waals surface area (Å²) in [4.78, 5) is 17.4. The smallest absolute Gasteiger partial charge is 0.416 e. The summed E-state index contributed by atoms with van der Waals surface area (Å²) in [6, 6.07) is 11.1. The summed E-state index contributed by atoms with van der Waals surface area (Å²) < 4.78 is 71.2. The number of methoxy groups -OCH3 is 3. The molecule has 0 unspecified atom stereocenters. The van der Waals surface area contributed by atoms with Crippen LogP contribution in [-0.4, -0.2) is 74.0 Å². The van der Waals surface area contributed by atoms with Crippen molar-refractivity contribution in [2.24, 2.45) is 0 Å². The summed E-state index contributed by atoms with van der Waals surface area (Å²) in [6.45, 7) is 1.80. The molecule has 1 saturated heterocycles.